The minimum atomic E-state index is -0.301. The smallest absolute Gasteiger partial charge is 0.253 e. The number of piperidine rings is 1. The number of nitrogens with zero attached hydrogens (tertiary/aromatic N) is 3. The zero-order valence-electron chi connectivity index (χ0n) is 20.7. The molecule has 0 aliphatic carbocycles. The van der Waals surface area contributed by atoms with Crippen molar-refractivity contribution >= 4 is 40.1 Å². The molecule has 1 aliphatic rings. The normalized spacial score (nSPS) is 13.9. The summed E-state index contributed by atoms with van der Waals surface area (Å²) in [6.45, 7) is 1.93. The van der Waals surface area contributed by atoms with Crippen molar-refractivity contribution in [3.8, 4) is 0 Å². The van der Waals surface area contributed by atoms with Gasteiger partial charge in [-0.15, -0.1) is 0 Å². The van der Waals surface area contributed by atoms with E-state index in [1.165, 1.54) is 12.1 Å². The summed E-state index contributed by atoms with van der Waals surface area (Å²) in [7, 11) is 0. The van der Waals surface area contributed by atoms with Gasteiger partial charge in [-0.2, -0.15) is 0 Å². The minimum Gasteiger partial charge on any atom is -0.365 e. The van der Waals surface area contributed by atoms with Gasteiger partial charge in [-0.05, 0) is 72.0 Å². The van der Waals surface area contributed by atoms with E-state index in [9.17, 15) is 14.0 Å². The van der Waals surface area contributed by atoms with Crippen LogP contribution >= 0.6 is 11.6 Å². The lowest BCUT2D eigenvalue weighted by Gasteiger charge is -2.31. The summed E-state index contributed by atoms with van der Waals surface area (Å²) in [6.07, 6.45) is 1.22. The Morgan fingerprint density at radius 3 is 2.29 bits per heavy atom. The number of halogens is 2. The molecule has 1 aromatic heterocycles. The van der Waals surface area contributed by atoms with Crippen molar-refractivity contribution in [2.24, 2.45) is 5.92 Å². The van der Waals surface area contributed by atoms with Crippen molar-refractivity contribution in [2.45, 2.75) is 25.9 Å². The van der Waals surface area contributed by atoms with Crippen molar-refractivity contribution in [1.29, 1.82) is 0 Å². The third-order valence-corrected chi connectivity index (χ3v) is 6.94. The van der Waals surface area contributed by atoms with E-state index >= 15 is 0 Å². The van der Waals surface area contributed by atoms with Crippen LogP contribution in [0, 0.1) is 11.7 Å². The van der Waals surface area contributed by atoms with Crippen molar-refractivity contribution in [1.82, 2.24) is 20.2 Å². The topological polar surface area (TPSA) is 87.2 Å². The molecule has 7 nitrogen and oxygen atoms in total. The van der Waals surface area contributed by atoms with Gasteiger partial charge < -0.3 is 15.5 Å². The van der Waals surface area contributed by atoms with Crippen LogP contribution in [0.1, 0.15) is 34.3 Å². The highest BCUT2D eigenvalue weighted by molar-refractivity contribution is 6.28. The molecule has 3 aromatic carbocycles. The van der Waals surface area contributed by atoms with E-state index in [0.717, 1.165) is 22.0 Å². The zero-order chi connectivity index (χ0) is 26.5. The molecular weight excluding hydrogens is 505 g/mol. The van der Waals surface area contributed by atoms with Gasteiger partial charge >= 0.3 is 0 Å². The Hall–Kier alpha value is -4.04. The first-order valence-electron chi connectivity index (χ1n) is 12.5. The number of carbonyl (C=O) groups is 2. The molecule has 2 heterocycles. The van der Waals surface area contributed by atoms with Crippen LogP contribution in [0.4, 0.5) is 10.2 Å². The summed E-state index contributed by atoms with van der Waals surface area (Å²) < 4.78 is 13.0. The number of nitrogens with one attached hydrogen (secondary N) is 2. The second-order valence-electron chi connectivity index (χ2n) is 9.32. The maximum Gasteiger partial charge on any atom is 0.253 e. The predicted octanol–water partition coefficient (Wildman–Crippen LogP) is 5.20. The minimum absolute atomic E-state index is 0.0315. The third kappa shape index (κ3) is 6.08. The van der Waals surface area contributed by atoms with E-state index in [1.807, 2.05) is 48.5 Å². The number of para-hydroxylation sites is 1. The number of hydrogen-bond acceptors (Lipinski definition) is 5. The number of carbonyl (C=O) groups excluding carboxylic acids is 2. The quantitative estimate of drug-likeness (QED) is 0.320. The number of hydrogen-bond donors (Lipinski definition) is 2. The highest BCUT2D eigenvalue weighted by atomic mass is 35.5. The van der Waals surface area contributed by atoms with Crippen LogP contribution < -0.4 is 10.6 Å². The highest BCUT2D eigenvalue weighted by Gasteiger charge is 2.27. The molecule has 0 saturated carbocycles. The lowest BCUT2D eigenvalue weighted by molar-refractivity contribution is -0.126. The van der Waals surface area contributed by atoms with Gasteiger partial charge in [-0.1, -0.05) is 36.4 Å². The average molecular weight is 532 g/mol. The molecule has 194 valence electrons. The predicted molar refractivity (Wildman–Crippen MR) is 145 cm³/mol. The van der Waals surface area contributed by atoms with Crippen LogP contribution in [-0.4, -0.2) is 39.8 Å². The van der Waals surface area contributed by atoms with Crippen LogP contribution in [0.3, 0.4) is 0 Å². The molecule has 0 spiro atoms. The molecule has 0 atom stereocenters. The number of aromatic nitrogens is 2. The number of benzene rings is 3. The molecular formula is C29H27ClFN5O2. The first-order chi connectivity index (χ1) is 18.5. The molecule has 5 rings (SSSR count). The summed E-state index contributed by atoms with van der Waals surface area (Å²) in [5.41, 5.74) is 3.23. The summed E-state index contributed by atoms with van der Waals surface area (Å²) in [5, 5.41) is 7.30. The molecule has 0 unspecified atom stereocenters. The fourth-order valence-electron chi connectivity index (χ4n) is 4.60. The molecule has 1 aliphatic heterocycles. The van der Waals surface area contributed by atoms with E-state index in [-0.39, 0.29) is 28.8 Å². The number of anilines is 1. The Labute approximate surface area is 225 Å². The highest BCUT2D eigenvalue weighted by Crippen LogP contribution is 2.23. The fraction of sp³-hybridized carbons (Fsp3) is 0.241. The standard InChI is InChI=1S/C29H27ClFN5O2/c30-29-34-25-4-2-1-3-24(25)26(35-29)32-17-19-5-9-22(10-6-19)28(38)36-15-13-21(14-16-36)27(37)33-18-20-7-11-23(31)12-8-20/h1-12,21H,13-18H2,(H,33,37)(H,32,34,35). The first-order valence-corrected chi connectivity index (χ1v) is 12.9. The third-order valence-electron chi connectivity index (χ3n) is 6.77. The van der Waals surface area contributed by atoms with E-state index < -0.39 is 0 Å². The van der Waals surface area contributed by atoms with E-state index in [4.69, 9.17) is 11.6 Å². The number of rotatable bonds is 7. The van der Waals surface area contributed by atoms with Gasteiger partial charge in [0.05, 0.1) is 5.52 Å². The summed E-state index contributed by atoms with van der Waals surface area (Å²) >= 11 is 6.07. The Morgan fingerprint density at radius 2 is 1.55 bits per heavy atom. The summed E-state index contributed by atoms with van der Waals surface area (Å²) in [6, 6.07) is 21.2. The van der Waals surface area contributed by atoms with Gasteiger partial charge in [-0.3, -0.25) is 9.59 Å². The Morgan fingerprint density at radius 1 is 0.895 bits per heavy atom. The first kappa shape index (κ1) is 25.6. The molecule has 2 N–H and O–H groups in total. The number of likely N-dealkylation sites (tertiary alicyclic amines) is 1. The van der Waals surface area contributed by atoms with Gasteiger partial charge in [0.15, 0.2) is 0 Å². The van der Waals surface area contributed by atoms with Gasteiger partial charge in [0.2, 0.25) is 11.2 Å². The van der Waals surface area contributed by atoms with Crippen LogP contribution in [0.5, 0.6) is 0 Å². The van der Waals surface area contributed by atoms with Gasteiger partial charge in [0, 0.05) is 43.0 Å². The molecule has 0 radical (unpaired) electrons. The van der Waals surface area contributed by atoms with Gasteiger partial charge in [0.1, 0.15) is 11.6 Å². The van der Waals surface area contributed by atoms with E-state index in [2.05, 4.69) is 20.6 Å². The van der Waals surface area contributed by atoms with Gasteiger partial charge in [-0.25, -0.2) is 14.4 Å². The van der Waals surface area contributed by atoms with Crippen molar-refractivity contribution in [2.75, 3.05) is 18.4 Å². The SMILES string of the molecule is O=C(NCc1ccc(F)cc1)C1CCN(C(=O)c2ccc(CNc3nc(Cl)nc4ccccc34)cc2)CC1. The molecule has 0 bridgehead atoms. The molecule has 2 amide bonds. The van der Waals surface area contributed by atoms with Crippen LogP contribution in [0.25, 0.3) is 10.9 Å². The zero-order valence-corrected chi connectivity index (χ0v) is 21.4. The Balaban J connectivity index is 1.12. The van der Waals surface area contributed by atoms with Crippen LogP contribution in [0.2, 0.25) is 5.28 Å². The van der Waals surface area contributed by atoms with Crippen LogP contribution in [0.15, 0.2) is 72.8 Å². The molecule has 38 heavy (non-hydrogen) atoms. The molecule has 4 aromatic rings. The molecule has 1 saturated heterocycles. The number of fused-ring (bicyclic) bond motifs is 1. The average Bonchev–Trinajstić information content (AvgIpc) is 2.95. The second kappa shape index (κ2) is 11.6. The Bertz CT molecular complexity index is 1440. The lowest BCUT2D eigenvalue weighted by atomic mass is 9.95. The molecule has 9 heteroatoms. The molecule has 1 fully saturated rings. The maximum atomic E-state index is 13.0. The summed E-state index contributed by atoms with van der Waals surface area (Å²) in [5.74, 6) is 0.147. The number of amides is 2. The van der Waals surface area contributed by atoms with E-state index in [1.54, 1.807) is 17.0 Å². The lowest BCUT2D eigenvalue weighted by Crippen LogP contribution is -2.42. The monoisotopic (exact) mass is 531 g/mol. The van der Waals surface area contributed by atoms with Crippen molar-refractivity contribution in [3.63, 3.8) is 0 Å². The fourth-order valence-corrected chi connectivity index (χ4v) is 4.77. The largest absolute Gasteiger partial charge is 0.365 e. The van der Waals surface area contributed by atoms with Crippen LogP contribution in [-0.2, 0) is 17.9 Å². The van der Waals surface area contributed by atoms with Crippen molar-refractivity contribution in [3.05, 3.63) is 101 Å². The summed E-state index contributed by atoms with van der Waals surface area (Å²) in [4.78, 5) is 36.0. The maximum absolute atomic E-state index is 13.0. The van der Waals surface area contributed by atoms with Gasteiger partial charge in [0.25, 0.3) is 5.91 Å². The second-order valence-corrected chi connectivity index (χ2v) is 9.66. The Kier molecular flexibility index (Phi) is 7.79. The van der Waals surface area contributed by atoms with Crippen molar-refractivity contribution < 1.29 is 14.0 Å². The van der Waals surface area contributed by atoms with E-state index in [0.29, 0.717) is 50.4 Å².